The van der Waals surface area contributed by atoms with Crippen LogP contribution in [0.5, 0.6) is 0 Å². The number of aliphatic hydroxyl groups excluding tert-OH is 1. The highest BCUT2D eigenvalue weighted by molar-refractivity contribution is 7.90. The first-order chi connectivity index (χ1) is 19.5. The van der Waals surface area contributed by atoms with E-state index in [-0.39, 0.29) is 24.0 Å². The Balaban J connectivity index is 1.21. The molecule has 3 aromatic rings. The van der Waals surface area contributed by atoms with Crippen LogP contribution in [-0.4, -0.2) is 68.3 Å². The molecular formula is C28H33N7O4S. The van der Waals surface area contributed by atoms with Crippen LogP contribution in [0.15, 0.2) is 36.9 Å². The molecule has 0 bridgehead atoms. The maximum absolute atomic E-state index is 12.5. The van der Waals surface area contributed by atoms with E-state index in [4.69, 9.17) is 4.74 Å². The third-order valence-corrected chi connectivity index (χ3v) is 9.64. The zero-order valence-electron chi connectivity index (χ0n) is 22.2. The van der Waals surface area contributed by atoms with Crippen LogP contribution in [0.25, 0.3) is 11.4 Å². The highest BCUT2D eigenvalue weighted by atomic mass is 32.2. The number of ether oxygens (including phenoxy) is 1. The molecule has 0 aromatic carbocycles. The first-order valence-electron chi connectivity index (χ1n) is 13.9. The van der Waals surface area contributed by atoms with Crippen LogP contribution in [-0.2, 0) is 14.8 Å². The second kappa shape index (κ2) is 11.5. The lowest BCUT2D eigenvalue weighted by molar-refractivity contribution is 0.152. The van der Waals surface area contributed by atoms with Gasteiger partial charge in [-0.15, -0.1) is 0 Å². The predicted octanol–water partition coefficient (Wildman–Crippen LogP) is 3.31. The Bertz CT molecular complexity index is 1510. The summed E-state index contributed by atoms with van der Waals surface area (Å²) in [5, 5.41) is 20.1. The lowest BCUT2D eigenvalue weighted by Gasteiger charge is -2.29. The summed E-state index contributed by atoms with van der Waals surface area (Å²) in [6, 6.07) is 3.94. The largest absolute Gasteiger partial charge is 0.396 e. The summed E-state index contributed by atoms with van der Waals surface area (Å²) in [6.07, 6.45) is 13.5. The van der Waals surface area contributed by atoms with Gasteiger partial charge in [0.05, 0.1) is 34.5 Å². The molecule has 1 atom stereocenters. The minimum absolute atomic E-state index is 0.0475. The molecule has 1 saturated heterocycles. The van der Waals surface area contributed by atoms with E-state index in [0.29, 0.717) is 41.8 Å². The van der Waals surface area contributed by atoms with E-state index in [0.717, 1.165) is 60.5 Å². The summed E-state index contributed by atoms with van der Waals surface area (Å²) in [5.41, 5.74) is 2.20. The van der Waals surface area contributed by atoms with Gasteiger partial charge in [-0.1, -0.05) is 11.8 Å². The topological polar surface area (TPSA) is 144 Å². The van der Waals surface area contributed by atoms with Crippen LogP contribution in [0, 0.1) is 17.8 Å². The standard InChI is InChI=1S/C28H33N7O4S/c36-18-19-3-6-22(7-4-19)32-25-14-27(30-15-20(25)5-8-23-2-1-13-39-23)33-26-11-12-29-28(34-26)21-16-31-35(17-21)40(37,38)24-9-10-24/h11-12,14-17,19,22-24,36H,1-4,6-7,9-10,13,18H2,(H2,29,30,32,33,34)/t19-,22+,23?. The zero-order chi connectivity index (χ0) is 27.5. The average Bonchev–Trinajstić information content (AvgIpc) is 3.48. The van der Waals surface area contributed by atoms with Crippen LogP contribution >= 0.6 is 0 Å². The smallest absolute Gasteiger partial charge is 0.256 e. The fraction of sp³-hybridized carbons (Fsp3) is 0.500. The average molecular weight is 564 g/mol. The van der Waals surface area contributed by atoms with E-state index in [1.165, 1.54) is 12.4 Å². The monoisotopic (exact) mass is 563 g/mol. The molecule has 2 saturated carbocycles. The number of hydrogen-bond donors (Lipinski definition) is 3. The van der Waals surface area contributed by atoms with Crippen molar-refractivity contribution in [1.29, 1.82) is 0 Å². The SMILES string of the molecule is O=S(=O)(C1CC1)n1cc(-c2nccc(Nc3cc(N[C@H]4CC[C@@H](CO)CC4)c(C#CC4CCCO4)cn3)n2)cn1. The van der Waals surface area contributed by atoms with Crippen LogP contribution < -0.4 is 10.6 Å². The quantitative estimate of drug-likeness (QED) is 0.349. The lowest BCUT2D eigenvalue weighted by atomic mass is 9.86. The Hall–Kier alpha value is -3.53. The van der Waals surface area contributed by atoms with E-state index in [2.05, 4.69) is 42.5 Å². The summed E-state index contributed by atoms with van der Waals surface area (Å²) in [5.74, 6) is 8.34. The van der Waals surface area contributed by atoms with Crippen molar-refractivity contribution < 1.29 is 18.3 Å². The Kier molecular flexibility index (Phi) is 7.69. The molecule has 3 fully saturated rings. The van der Waals surface area contributed by atoms with Gasteiger partial charge in [0, 0.05) is 37.7 Å². The van der Waals surface area contributed by atoms with Crippen molar-refractivity contribution in [3.05, 3.63) is 42.5 Å². The normalized spacial score (nSPS) is 22.9. The van der Waals surface area contributed by atoms with Crippen LogP contribution in [0.1, 0.15) is 56.9 Å². The number of hydrogen-bond acceptors (Lipinski definition) is 10. The van der Waals surface area contributed by atoms with Gasteiger partial charge in [0.15, 0.2) is 5.82 Å². The molecule has 1 unspecified atom stereocenters. The van der Waals surface area contributed by atoms with E-state index in [9.17, 15) is 13.5 Å². The summed E-state index contributed by atoms with van der Waals surface area (Å²) < 4.78 is 31.7. The molecule has 11 nitrogen and oxygen atoms in total. The van der Waals surface area contributed by atoms with Gasteiger partial charge in [0.25, 0.3) is 10.0 Å². The van der Waals surface area contributed by atoms with Crippen molar-refractivity contribution in [2.45, 2.75) is 68.8 Å². The van der Waals surface area contributed by atoms with Gasteiger partial charge >= 0.3 is 0 Å². The molecule has 12 heteroatoms. The molecule has 3 aromatic heterocycles. The summed E-state index contributed by atoms with van der Waals surface area (Å²) in [4.78, 5) is 13.5. The molecular weight excluding hydrogens is 530 g/mol. The van der Waals surface area contributed by atoms with Gasteiger partial charge in [-0.3, -0.25) is 0 Å². The molecule has 0 spiro atoms. The molecule has 4 heterocycles. The van der Waals surface area contributed by atoms with Crippen molar-refractivity contribution in [2.24, 2.45) is 5.92 Å². The summed E-state index contributed by atoms with van der Waals surface area (Å²) in [7, 11) is -3.46. The molecule has 6 rings (SSSR count). The van der Waals surface area contributed by atoms with Gasteiger partial charge in [-0.05, 0) is 63.4 Å². The first kappa shape index (κ1) is 26.7. The zero-order valence-corrected chi connectivity index (χ0v) is 23.0. The fourth-order valence-corrected chi connectivity index (χ4v) is 6.55. The second-order valence-corrected chi connectivity index (χ2v) is 12.7. The van der Waals surface area contributed by atoms with Crippen LogP contribution in [0.3, 0.4) is 0 Å². The number of nitrogens with one attached hydrogen (secondary N) is 2. The third-order valence-electron chi connectivity index (χ3n) is 7.60. The first-order valence-corrected chi connectivity index (χ1v) is 15.4. The van der Waals surface area contributed by atoms with Gasteiger partial charge in [-0.25, -0.2) is 23.4 Å². The number of nitrogens with zero attached hydrogens (tertiary/aromatic N) is 5. The van der Waals surface area contributed by atoms with E-state index in [1.54, 1.807) is 18.5 Å². The van der Waals surface area contributed by atoms with Gasteiger partial charge < -0.3 is 20.5 Å². The van der Waals surface area contributed by atoms with Crippen molar-refractivity contribution >= 4 is 27.3 Å². The molecule has 3 N–H and O–H groups in total. The van der Waals surface area contributed by atoms with Crippen molar-refractivity contribution in [1.82, 2.24) is 24.1 Å². The summed E-state index contributed by atoms with van der Waals surface area (Å²) >= 11 is 0. The number of anilines is 3. The minimum atomic E-state index is -3.46. The maximum Gasteiger partial charge on any atom is 0.256 e. The Morgan fingerprint density at radius 3 is 2.67 bits per heavy atom. The Morgan fingerprint density at radius 1 is 1.07 bits per heavy atom. The lowest BCUT2D eigenvalue weighted by Crippen LogP contribution is -2.27. The van der Waals surface area contributed by atoms with Crippen molar-refractivity contribution in [3.63, 3.8) is 0 Å². The van der Waals surface area contributed by atoms with Gasteiger partial charge in [0.1, 0.15) is 17.7 Å². The Morgan fingerprint density at radius 2 is 1.93 bits per heavy atom. The molecule has 1 aliphatic heterocycles. The number of pyridine rings is 1. The molecule has 40 heavy (non-hydrogen) atoms. The van der Waals surface area contributed by atoms with E-state index < -0.39 is 10.0 Å². The number of aromatic nitrogens is 5. The fourth-order valence-electron chi connectivity index (χ4n) is 5.08. The van der Waals surface area contributed by atoms with E-state index in [1.807, 2.05) is 6.07 Å². The molecule has 2 aliphatic carbocycles. The Labute approximate surface area is 233 Å². The molecule has 3 aliphatic rings. The van der Waals surface area contributed by atoms with Gasteiger partial charge in [0.2, 0.25) is 0 Å². The van der Waals surface area contributed by atoms with Crippen molar-refractivity contribution in [2.75, 3.05) is 23.8 Å². The molecule has 210 valence electrons. The number of rotatable bonds is 8. The van der Waals surface area contributed by atoms with Gasteiger partial charge in [-0.2, -0.15) is 9.19 Å². The third kappa shape index (κ3) is 6.11. The maximum atomic E-state index is 12.5. The highest BCUT2D eigenvalue weighted by Crippen LogP contribution is 2.31. The van der Waals surface area contributed by atoms with Crippen LogP contribution in [0.2, 0.25) is 0 Å². The summed E-state index contributed by atoms with van der Waals surface area (Å²) in [6.45, 7) is 0.990. The van der Waals surface area contributed by atoms with Crippen LogP contribution in [0.4, 0.5) is 17.3 Å². The second-order valence-electron chi connectivity index (χ2n) is 10.7. The molecule has 0 amide bonds. The number of aliphatic hydroxyl groups is 1. The molecule has 0 radical (unpaired) electrons. The van der Waals surface area contributed by atoms with E-state index >= 15 is 0 Å². The minimum Gasteiger partial charge on any atom is -0.396 e. The van der Waals surface area contributed by atoms with Crippen molar-refractivity contribution in [3.8, 4) is 23.2 Å². The predicted molar refractivity (Wildman–Crippen MR) is 150 cm³/mol. The highest BCUT2D eigenvalue weighted by Gasteiger charge is 2.37.